The molecule has 0 fully saturated rings. The first kappa shape index (κ1) is 20.0. The number of nitrogens with two attached hydrogens (primary N) is 1. The molecule has 1 aliphatic rings. The summed E-state index contributed by atoms with van der Waals surface area (Å²) in [6.07, 6.45) is 4.45. The van der Waals surface area contributed by atoms with Crippen LogP contribution >= 0.6 is 0 Å². The number of methoxy groups -OCH3 is 1. The molecule has 0 aliphatic carbocycles. The summed E-state index contributed by atoms with van der Waals surface area (Å²) in [4.78, 5) is 23.8. The number of carbonyl (C=O) groups is 1. The molecule has 2 aromatic carbocycles. The minimum absolute atomic E-state index is 0.0311. The summed E-state index contributed by atoms with van der Waals surface area (Å²) in [5.74, 6) is 0.719. The Balaban J connectivity index is 1.72. The van der Waals surface area contributed by atoms with Crippen LogP contribution in [0.5, 0.6) is 5.75 Å². The number of para-hydroxylation sites is 1. The Bertz CT molecular complexity index is 1330. The maximum absolute atomic E-state index is 12.9. The van der Waals surface area contributed by atoms with Crippen molar-refractivity contribution in [2.24, 2.45) is 0 Å². The van der Waals surface area contributed by atoms with Crippen LogP contribution in [-0.4, -0.2) is 34.4 Å². The molecule has 2 N–H and O–H groups in total. The number of aromatic nitrogens is 2. The molecule has 0 atom stereocenters. The normalized spacial score (nSPS) is 12.9. The van der Waals surface area contributed by atoms with E-state index in [1.165, 1.54) is 0 Å². The number of rotatable bonds is 5. The van der Waals surface area contributed by atoms with Crippen molar-refractivity contribution < 1.29 is 9.53 Å². The minimum atomic E-state index is -0.0311. The largest absolute Gasteiger partial charge is 0.496 e. The van der Waals surface area contributed by atoms with Crippen LogP contribution in [0.1, 0.15) is 29.4 Å². The van der Waals surface area contributed by atoms with Crippen molar-refractivity contribution in [3.8, 4) is 28.0 Å². The molecule has 0 unspecified atom stereocenters. The summed E-state index contributed by atoms with van der Waals surface area (Å²) >= 11 is 0. The van der Waals surface area contributed by atoms with Gasteiger partial charge in [-0.25, -0.2) is 4.98 Å². The zero-order valence-electron chi connectivity index (χ0n) is 18.1. The summed E-state index contributed by atoms with van der Waals surface area (Å²) in [5.41, 5.74) is 13.1. The molecule has 0 bridgehead atoms. The molecule has 3 heterocycles. The zero-order valence-corrected chi connectivity index (χ0v) is 18.1. The van der Waals surface area contributed by atoms with Gasteiger partial charge in [-0.15, -0.1) is 0 Å². The summed E-state index contributed by atoms with van der Waals surface area (Å²) < 4.78 is 5.69. The Labute approximate surface area is 186 Å². The number of pyridine rings is 2. The van der Waals surface area contributed by atoms with Crippen molar-refractivity contribution in [2.75, 3.05) is 19.4 Å². The average molecular weight is 425 g/mol. The van der Waals surface area contributed by atoms with Crippen LogP contribution in [-0.2, 0) is 6.54 Å². The number of hydrogen-bond acceptors (Lipinski definition) is 5. The predicted molar refractivity (Wildman–Crippen MR) is 126 cm³/mol. The lowest BCUT2D eigenvalue weighted by Gasteiger charge is -2.15. The molecular formula is C26H24N4O2. The van der Waals surface area contributed by atoms with Gasteiger partial charge in [0.15, 0.2) is 0 Å². The maximum atomic E-state index is 12.9. The molecule has 32 heavy (non-hydrogen) atoms. The lowest BCUT2D eigenvalue weighted by molar-refractivity contribution is 0.0779. The van der Waals surface area contributed by atoms with E-state index in [0.29, 0.717) is 24.3 Å². The van der Waals surface area contributed by atoms with Gasteiger partial charge in [0.25, 0.3) is 5.91 Å². The minimum Gasteiger partial charge on any atom is -0.496 e. The van der Waals surface area contributed by atoms with Crippen molar-refractivity contribution in [2.45, 2.75) is 19.9 Å². The van der Waals surface area contributed by atoms with E-state index in [9.17, 15) is 4.79 Å². The Morgan fingerprint density at radius 1 is 1.06 bits per heavy atom. The van der Waals surface area contributed by atoms with E-state index in [1.807, 2.05) is 47.4 Å². The number of nitrogens with zero attached hydrogens (tertiary/aromatic N) is 3. The molecule has 1 aliphatic heterocycles. The van der Waals surface area contributed by atoms with E-state index in [4.69, 9.17) is 15.5 Å². The van der Waals surface area contributed by atoms with Gasteiger partial charge in [-0.2, -0.15) is 0 Å². The second kappa shape index (κ2) is 7.96. The number of nitrogen functional groups attached to an aromatic ring is 1. The van der Waals surface area contributed by atoms with Crippen molar-refractivity contribution in [3.63, 3.8) is 0 Å². The van der Waals surface area contributed by atoms with Gasteiger partial charge in [-0.3, -0.25) is 9.78 Å². The molecule has 1 amide bonds. The van der Waals surface area contributed by atoms with Gasteiger partial charge in [-0.1, -0.05) is 31.2 Å². The first-order chi connectivity index (χ1) is 15.6. The Morgan fingerprint density at radius 3 is 2.62 bits per heavy atom. The van der Waals surface area contributed by atoms with Crippen molar-refractivity contribution in [1.82, 2.24) is 14.9 Å². The lowest BCUT2D eigenvalue weighted by atomic mass is 9.95. The SMILES string of the molecule is CCCN1Cc2nc3c(-c4cc(-c5ccncc5)ccc4OC)cccc3c(N)c2C1=O. The summed E-state index contributed by atoms with van der Waals surface area (Å²) in [5, 5.41) is 0.782. The molecule has 5 rings (SSSR count). The number of benzene rings is 2. The third kappa shape index (κ3) is 3.15. The molecule has 4 aromatic rings. The van der Waals surface area contributed by atoms with Crippen LogP contribution in [0.4, 0.5) is 5.69 Å². The molecular weight excluding hydrogens is 400 g/mol. The fraction of sp³-hybridized carbons (Fsp3) is 0.192. The second-order valence-corrected chi connectivity index (χ2v) is 7.93. The topological polar surface area (TPSA) is 81.3 Å². The van der Waals surface area contributed by atoms with Gasteiger partial charge < -0.3 is 15.4 Å². The van der Waals surface area contributed by atoms with Crippen LogP contribution < -0.4 is 10.5 Å². The van der Waals surface area contributed by atoms with Crippen LogP contribution in [0.25, 0.3) is 33.2 Å². The molecule has 160 valence electrons. The van der Waals surface area contributed by atoms with Gasteiger partial charge in [0, 0.05) is 35.5 Å². The molecule has 6 heteroatoms. The Kier molecular flexibility index (Phi) is 4.98. The summed E-state index contributed by atoms with van der Waals surface area (Å²) in [6.45, 7) is 3.24. The van der Waals surface area contributed by atoms with E-state index in [2.05, 4.69) is 18.0 Å². The Hall–Kier alpha value is -3.93. The van der Waals surface area contributed by atoms with Crippen molar-refractivity contribution in [1.29, 1.82) is 0 Å². The average Bonchev–Trinajstić information content (AvgIpc) is 3.14. The summed E-state index contributed by atoms with van der Waals surface area (Å²) in [7, 11) is 1.66. The molecule has 0 saturated carbocycles. The smallest absolute Gasteiger partial charge is 0.258 e. The highest BCUT2D eigenvalue weighted by Gasteiger charge is 2.32. The van der Waals surface area contributed by atoms with Gasteiger partial charge in [0.2, 0.25) is 0 Å². The van der Waals surface area contributed by atoms with Crippen LogP contribution in [0.2, 0.25) is 0 Å². The monoisotopic (exact) mass is 424 g/mol. The van der Waals surface area contributed by atoms with E-state index < -0.39 is 0 Å². The molecule has 0 spiro atoms. The Morgan fingerprint density at radius 2 is 1.88 bits per heavy atom. The lowest BCUT2D eigenvalue weighted by Crippen LogP contribution is -2.24. The number of carbonyl (C=O) groups excluding carboxylic acids is 1. The van der Waals surface area contributed by atoms with Gasteiger partial charge in [0.05, 0.1) is 36.1 Å². The van der Waals surface area contributed by atoms with E-state index in [0.717, 1.165) is 51.0 Å². The molecule has 6 nitrogen and oxygen atoms in total. The fourth-order valence-electron chi connectivity index (χ4n) is 4.44. The number of ether oxygens (including phenoxy) is 1. The second-order valence-electron chi connectivity index (χ2n) is 7.93. The van der Waals surface area contributed by atoms with Gasteiger partial charge in [-0.05, 0) is 41.8 Å². The van der Waals surface area contributed by atoms with Crippen molar-refractivity contribution >= 4 is 22.5 Å². The molecule has 2 aromatic heterocycles. The number of anilines is 1. The van der Waals surface area contributed by atoms with Crippen LogP contribution in [0, 0.1) is 0 Å². The van der Waals surface area contributed by atoms with Gasteiger partial charge in [0.1, 0.15) is 5.75 Å². The first-order valence-corrected chi connectivity index (χ1v) is 10.7. The summed E-state index contributed by atoms with van der Waals surface area (Å²) in [6, 6.07) is 16.0. The maximum Gasteiger partial charge on any atom is 0.258 e. The predicted octanol–water partition coefficient (Wildman–Crippen LogP) is 4.92. The van der Waals surface area contributed by atoms with Crippen LogP contribution in [0.15, 0.2) is 60.9 Å². The van der Waals surface area contributed by atoms with Gasteiger partial charge >= 0.3 is 0 Å². The van der Waals surface area contributed by atoms with E-state index in [1.54, 1.807) is 19.5 Å². The van der Waals surface area contributed by atoms with Crippen LogP contribution in [0.3, 0.4) is 0 Å². The number of hydrogen-bond donors (Lipinski definition) is 1. The number of fused-ring (bicyclic) bond motifs is 2. The molecule has 0 saturated heterocycles. The van der Waals surface area contributed by atoms with E-state index >= 15 is 0 Å². The van der Waals surface area contributed by atoms with E-state index in [-0.39, 0.29) is 5.91 Å². The zero-order chi connectivity index (χ0) is 22.2. The quantitative estimate of drug-likeness (QED) is 0.492. The highest BCUT2D eigenvalue weighted by molar-refractivity contribution is 6.11. The first-order valence-electron chi connectivity index (χ1n) is 10.7. The highest BCUT2D eigenvalue weighted by atomic mass is 16.5. The third-order valence-corrected chi connectivity index (χ3v) is 5.97. The fourth-order valence-corrected chi connectivity index (χ4v) is 4.44. The highest BCUT2D eigenvalue weighted by Crippen LogP contribution is 2.40. The molecule has 0 radical (unpaired) electrons. The van der Waals surface area contributed by atoms with Crippen molar-refractivity contribution in [3.05, 3.63) is 72.2 Å². The third-order valence-electron chi connectivity index (χ3n) is 5.97. The standard InChI is InChI=1S/C26H24N4O2/c1-3-13-30-15-21-23(26(30)31)24(27)19-6-4-5-18(25(19)29-21)20-14-17(7-8-22(20)32-2)16-9-11-28-12-10-16/h4-12,14H,3,13,15H2,1-2H3,(H2,27,29). The number of amides is 1.